The molecule has 2 saturated carbocycles. The summed E-state index contributed by atoms with van der Waals surface area (Å²) in [7, 11) is 0. The third-order valence-electron chi connectivity index (χ3n) is 7.30. The van der Waals surface area contributed by atoms with Gasteiger partial charge in [0.1, 0.15) is 0 Å². The highest BCUT2D eigenvalue weighted by Crippen LogP contribution is 2.63. The molecule has 0 amide bonds. The van der Waals surface area contributed by atoms with E-state index in [1.807, 2.05) is 6.08 Å². The van der Waals surface area contributed by atoms with Crippen LogP contribution in [0.2, 0.25) is 0 Å². The molecule has 0 aromatic heterocycles. The van der Waals surface area contributed by atoms with Gasteiger partial charge in [0.05, 0.1) is 0 Å². The van der Waals surface area contributed by atoms with Crippen molar-refractivity contribution in [1.29, 1.82) is 0 Å². The average molecular weight is 270 g/mol. The molecule has 0 bridgehead atoms. The lowest BCUT2D eigenvalue weighted by molar-refractivity contribution is -0.115. The van der Waals surface area contributed by atoms with Crippen LogP contribution in [0.3, 0.4) is 0 Å². The second-order valence-corrected chi connectivity index (χ2v) is 8.19. The van der Waals surface area contributed by atoms with Crippen molar-refractivity contribution < 1.29 is 4.79 Å². The van der Waals surface area contributed by atoms with Crippen LogP contribution in [0.25, 0.3) is 0 Å². The zero-order valence-corrected chi connectivity index (χ0v) is 12.8. The fourth-order valence-electron chi connectivity index (χ4n) is 6.10. The first-order valence-electron chi connectivity index (χ1n) is 8.44. The second kappa shape index (κ2) is 4.08. The summed E-state index contributed by atoms with van der Waals surface area (Å²) in [6.07, 6.45) is 15.6. The molecule has 0 heterocycles. The lowest BCUT2D eigenvalue weighted by Gasteiger charge is -2.55. The third-order valence-corrected chi connectivity index (χ3v) is 7.30. The van der Waals surface area contributed by atoms with Crippen LogP contribution in [0, 0.1) is 28.6 Å². The van der Waals surface area contributed by atoms with Crippen molar-refractivity contribution in [1.82, 2.24) is 0 Å². The molecule has 0 spiro atoms. The molecule has 2 fully saturated rings. The highest BCUT2D eigenvalue weighted by atomic mass is 16.1. The Morgan fingerprint density at radius 3 is 2.85 bits per heavy atom. The minimum Gasteiger partial charge on any atom is -0.295 e. The van der Waals surface area contributed by atoms with E-state index in [-0.39, 0.29) is 5.41 Å². The molecule has 4 rings (SSSR count). The molecule has 0 radical (unpaired) electrons. The Balaban J connectivity index is 1.73. The van der Waals surface area contributed by atoms with Crippen molar-refractivity contribution in [2.45, 2.75) is 58.8 Å². The Kier molecular flexibility index (Phi) is 2.63. The molecular formula is C19H26O. The predicted molar refractivity (Wildman–Crippen MR) is 81.2 cm³/mol. The van der Waals surface area contributed by atoms with Gasteiger partial charge in [-0.25, -0.2) is 0 Å². The SMILES string of the molecule is C[C@@]12CCC[C@H]1[C@@H]1CC=C3CC(=O)C=C[C@]3(C)[C@H]1CC2. The second-order valence-electron chi connectivity index (χ2n) is 8.19. The summed E-state index contributed by atoms with van der Waals surface area (Å²) in [6, 6.07) is 0. The van der Waals surface area contributed by atoms with Crippen LogP contribution in [0.1, 0.15) is 58.8 Å². The van der Waals surface area contributed by atoms with Crippen LogP contribution in [-0.2, 0) is 4.79 Å². The van der Waals surface area contributed by atoms with E-state index in [2.05, 4.69) is 26.0 Å². The molecule has 4 aliphatic rings. The monoisotopic (exact) mass is 270 g/mol. The van der Waals surface area contributed by atoms with Crippen molar-refractivity contribution in [2.75, 3.05) is 0 Å². The van der Waals surface area contributed by atoms with Gasteiger partial charge in [0, 0.05) is 11.8 Å². The van der Waals surface area contributed by atoms with Crippen molar-refractivity contribution >= 4 is 5.78 Å². The van der Waals surface area contributed by atoms with Crippen molar-refractivity contribution in [3.05, 3.63) is 23.8 Å². The van der Waals surface area contributed by atoms with Crippen LogP contribution in [0.15, 0.2) is 23.8 Å². The van der Waals surface area contributed by atoms with Gasteiger partial charge in [0.2, 0.25) is 0 Å². The maximum Gasteiger partial charge on any atom is 0.159 e. The summed E-state index contributed by atoms with van der Waals surface area (Å²) in [6.45, 7) is 4.94. The summed E-state index contributed by atoms with van der Waals surface area (Å²) in [5, 5.41) is 0. The van der Waals surface area contributed by atoms with Gasteiger partial charge in [-0.05, 0) is 61.3 Å². The van der Waals surface area contributed by atoms with Gasteiger partial charge >= 0.3 is 0 Å². The molecule has 4 aliphatic carbocycles. The molecule has 0 aromatic rings. The maximum atomic E-state index is 11.7. The van der Waals surface area contributed by atoms with Crippen LogP contribution >= 0.6 is 0 Å². The summed E-state index contributed by atoms with van der Waals surface area (Å²) >= 11 is 0. The number of rotatable bonds is 0. The molecule has 0 N–H and O–H groups in total. The molecule has 0 unspecified atom stereocenters. The first kappa shape index (κ1) is 12.9. The molecule has 0 saturated heterocycles. The lowest BCUT2D eigenvalue weighted by atomic mass is 9.49. The number of allylic oxidation sites excluding steroid dienone is 4. The Morgan fingerprint density at radius 1 is 1.15 bits per heavy atom. The molecule has 20 heavy (non-hydrogen) atoms. The van der Waals surface area contributed by atoms with Gasteiger partial charge in [-0.1, -0.05) is 38.0 Å². The van der Waals surface area contributed by atoms with Gasteiger partial charge in [-0.15, -0.1) is 0 Å². The van der Waals surface area contributed by atoms with Crippen LogP contribution in [-0.4, -0.2) is 5.78 Å². The fraction of sp³-hybridized carbons (Fsp3) is 0.737. The van der Waals surface area contributed by atoms with E-state index in [1.54, 1.807) is 0 Å². The van der Waals surface area contributed by atoms with Gasteiger partial charge < -0.3 is 0 Å². The Bertz CT molecular complexity index is 514. The van der Waals surface area contributed by atoms with E-state index in [0.717, 1.165) is 17.8 Å². The van der Waals surface area contributed by atoms with E-state index in [9.17, 15) is 4.79 Å². The van der Waals surface area contributed by atoms with E-state index in [1.165, 1.54) is 44.1 Å². The molecule has 0 aromatic carbocycles. The molecule has 5 atom stereocenters. The molecule has 0 aliphatic heterocycles. The number of hydrogen-bond donors (Lipinski definition) is 0. The highest BCUT2D eigenvalue weighted by Gasteiger charge is 2.54. The van der Waals surface area contributed by atoms with E-state index >= 15 is 0 Å². The summed E-state index contributed by atoms with van der Waals surface area (Å²) in [5.74, 6) is 2.88. The number of carbonyl (C=O) groups is 1. The minimum absolute atomic E-state index is 0.181. The highest BCUT2D eigenvalue weighted by molar-refractivity contribution is 5.93. The largest absolute Gasteiger partial charge is 0.295 e. The van der Waals surface area contributed by atoms with Crippen LogP contribution in [0.4, 0.5) is 0 Å². The fourth-order valence-corrected chi connectivity index (χ4v) is 6.10. The molecular weight excluding hydrogens is 244 g/mol. The smallest absolute Gasteiger partial charge is 0.159 e. The first-order chi connectivity index (χ1) is 9.53. The molecule has 1 heteroatoms. The van der Waals surface area contributed by atoms with E-state index in [0.29, 0.717) is 17.6 Å². The topological polar surface area (TPSA) is 17.1 Å². The van der Waals surface area contributed by atoms with Crippen LogP contribution in [0.5, 0.6) is 0 Å². The van der Waals surface area contributed by atoms with Crippen molar-refractivity contribution in [3.8, 4) is 0 Å². The number of ketones is 1. The van der Waals surface area contributed by atoms with Gasteiger partial charge in [0.25, 0.3) is 0 Å². The normalized spacial score (nSPS) is 50.2. The third kappa shape index (κ3) is 1.58. The first-order valence-corrected chi connectivity index (χ1v) is 8.44. The number of carbonyl (C=O) groups excluding carboxylic acids is 1. The molecule has 108 valence electrons. The Hall–Kier alpha value is -0.850. The maximum absolute atomic E-state index is 11.7. The molecule has 1 nitrogen and oxygen atoms in total. The lowest BCUT2D eigenvalue weighted by Crippen LogP contribution is -2.47. The Morgan fingerprint density at radius 2 is 2.00 bits per heavy atom. The summed E-state index contributed by atoms with van der Waals surface area (Å²) < 4.78 is 0. The number of hydrogen-bond acceptors (Lipinski definition) is 1. The Labute approximate surface area is 122 Å². The van der Waals surface area contributed by atoms with E-state index < -0.39 is 0 Å². The number of fused-ring (bicyclic) bond motifs is 5. The quantitative estimate of drug-likeness (QED) is 0.584. The predicted octanol–water partition coefficient (Wildman–Crippen LogP) is 4.68. The van der Waals surface area contributed by atoms with Crippen molar-refractivity contribution in [3.63, 3.8) is 0 Å². The summed E-state index contributed by atoms with van der Waals surface area (Å²) in [5.41, 5.74) is 2.23. The van der Waals surface area contributed by atoms with Gasteiger partial charge in [0.15, 0.2) is 5.78 Å². The van der Waals surface area contributed by atoms with Gasteiger partial charge in [-0.3, -0.25) is 4.79 Å². The van der Waals surface area contributed by atoms with E-state index in [4.69, 9.17) is 0 Å². The average Bonchev–Trinajstić information content (AvgIpc) is 2.81. The zero-order valence-electron chi connectivity index (χ0n) is 12.8. The summed E-state index contributed by atoms with van der Waals surface area (Å²) in [4.78, 5) is 11.7. The van der Waals surface area contributed by atoms with Gasteiger partial charge in [-0.2, -0.15) is 0 Å². The standard InChI is InChI=1S/C19H26O/c1-18-9-3-4-16(18)15-6-5-13-12-14(20)7-11-19(13,2)17(15)8-10-18/h5,7,11,15-17H,3-4,6,8-10,12H2,1-2H3/t15-,16-,17-,18-,19-/m0/s1. The van der Waals surface area contributed by atoms with Crippen molar-refractivity contribution in [2.24, 2.45) is 28.6 Å². The minimum atomic E-state index is 0.181. The van der Waals surface area contributed by atoms with Crippen LogP contribution < -0.4 is 0 Å². The zero-order chi connectivity index (χ0) is 14.0.